The van der Waals surface area contributed by atoms with Crippen molar-refractivity contribution in [2.24, 2.45) is 5.16 Å². The predicted octanol–water partition coefficient (Wildman–Crippen LogP) is 2.14. The normalized spacial score (nSPS) is 11.4. The standard InChI is InChI=1S/C12H10F2N4O/c1-7(8-2-4-9(13)5-3-8)18-19-12-16-6-10(14)11(15)17-12/h2-6H,1H3,(H2,15,16,17)/b18-7+. The van der Waals surface area contributed by atoms with Gasteiger partial charge in [0.15, 0.2) is 11.6 Å². The van der Waals surface area contributed by atoms with Gasteiger partial charge in [0.05, 0.1) is 11.9 Å². The molecule has 2 aromatic rings. The van der Waals surface area contributed by atoms with E-state index >= 15 is 0 Å². The molecule has 0 saturated carbocycles. The van der Waals surface area contributed by atoms with E-state index < -0.39 is 5.82 Å². The summed E-state index contributed by atoms with van der Waals surface area (Å²) in [5.41, 5.74) is 6.43. The summed E-state index contributed by atoms with van der Waals surface area (Å²) in [6.07, 6.45) is 0.889. The molecule has 0 aliphatic rings. The van der Waals surface area contributed by atoms with E-state index in [0.717, 1.165) is 6.20 Å². The highest BCUT2D eigenvalue weighted by Gasteiger charge is 2.05. The number of hydrogen-bond acceptors (Lipinski definition) is 5. The van der Waals surface area contributed by atoms with Crippen LogP contribution >= 0.6 is 0 Å². The highest BCUT2D eigenvalue weighted by Crippen LogP contribution is 2.10. The van der Waals surface area contributed by atoms with Crippen LogP contribution in [0.15, 0.2) is 35.6 Å². The molecule has 0 aliphatic heterocycles. The Morgan fingerprint density at radius 1 is 1.26 bits per heavy atom. The van der Waals surface area contributed by atoms with E-state index in [4.69, 9.17) is 10.6 Å². The van der Waals surface area contributed by atoms with Crippen LogP contribution in [0, 0.1) is 11.6 Å². The molecule has 0 atom stereocenters. The Morgan fingerprint density at radius 2 is 1.95 bits per heavy atom. The molecule has 0 amide bonds. The van der Waals surface area contributed by atoms with Gasteiger partial charge < -0.3 is 10.6 Å². The molecule has 19 heavy (non-hydrogen) atoms. The average Bonchev–Trinajstić information content (AvgIpc) is 2.40. The van der Waals surface area contributed by atoms with Crippen LogP contribution in [0.5, 0.6) is 6.01 Å². The number of hydrogen-bond donors (Lipinski definition) is 1. The molecule has 1 aromatic carbocycles. The Balaban J connectivity index is 2.13. The summed E-state index contributed by atoms with van der Waals surface area (Å²) in [5.74, 6) is -1.39. The van der Waals surface area contributed by atoms with E-state index in [1.165, 1.54) is 12.1 Å². The summed E-state index contributed by atoms with van der Waals surface area (Å²) in [6, 6.07) is 5.55. The van der Waals surface area contributed by atoms with Gasteiger partial charge >= 0.3 is 6.01 Å². The van der Waals surface area contributed by atoms with Gasteiger partial charge in [-0.25, -0.2) is 8.78 Å². The zero-order valence-electron chi connectivity index (χ0n) is 9.97. The van der Waals surface area contributed by atoms with Crippen LogP contribution in [0.3, 0.4) is 0 Å². The summed E-state index contributed by atoms with van der Waals surface area (Å²) >= 11 is 0. The number of nitrogens with zero attached hydrogens (tertiary/aromatic N) is 3. The van der Waals surface area contributed by atoms with Crippen molar-refractivity contribution < 1.29 is 13.6 Å². The number of anilines is 1. The minimum atomic E-state index is -0.730. The van der Waals surface area contributed by atoms with Crippen molar-refractivity contribution in [3.63, 3.8) is 0 Å². The average molecular weight is 264 g/mol. The van der Waals surface area contributed by atoms with E-state index in [1.54, 1.807) is 19.1 Å². The van der Waals surface area contributed by atoms with Gasteiger partial charge in [-0.05, 0) is 24.6 Å². The lowest BCUT2D eigenvalue weighted by Crippen LogP contribution is -2.02. The fourth-order valence-electron chi connectivity index (χ4n) is 1.26. The van der Waals surface area contributed by atoms with Crippen LogP contribution in [0.25, 0.3) is 0 Å². The Hall–Kier alpha value is -2.57. The number of halogens is 2. The fourth-order valence-corrected chi connectivity index (χ4v) is 1.26. The Kier molecular flexibility index (Phi) is 3.65. The van der Waals surface area contributed by atoms with Crippen molar-refractivity contribution >= 4 is 11.5 Å². The highest BCUT2D eigenvalue weighted by atomic mass is 19.1. The van der Waals surface area contributed by atoms with Crippen molar-refractivity contribution in [2.75, 3.05) is 5.73 Å². The van der Waals surface area contributed by atoms with Crippen molar-refractivity contribution in [1.82, 2.24) is 9.97 Å². The summed E-state index contributed by atoms with van der Waals surface area (Å²) < 4.78 is 25.6. The summed E-state index contributed by atoms with van der Waals surface area (Å²) in [5, 5.41) is 3.76. The number of nitrogen functional groups attached to an aromatic ring is 1. The summed E-state index contributed by atoms with van der Waals surface area (Å²) in [4.78, 5) is 12.0. The molecule has 2 rings (SSSR count). The quantitative estimate of drug-likeness (QED) is 0.680. The van der Waals surface area contributed by atoms with Crippen molar-refractivity contribution in [3.05, 3.63) is 47.7 Å². The molecule has 0 bridgehead atoms. The van der Waals surface area contributed by atoms with E-state index in [2.05, 4.69) is 15.1 Å². The highest BCUT2D eigenvalue weighted by molar-refractivity contribution is 5.98. The monoisotopic (exact) mass is 264 g/mol. The van der Waals surface area contributed by atoms with E-state index in [1.807, 2.05) is 0 Å². The lowest BCUT2D eigenvalue weighted by Gasteiger charge is -2.01. The van der Waals surface area contributed by atoms with Gasteiger partial charge in [-0.2, -0.15) is 9.97 Å². The number of rotatable bonds is 3. The van der Waals surface area contributed by atoms with Gasteiger partial charge in [-0.15, -0.1) is 0 Å². The number of oxime groups is 1. The number of nitrogens with two attached hydrogens (primary N) is 1. The first-order valence-electron chi connectivity index (χ1n) is 5.32. The molecule has 2 N–H and O–H groups in total. The second kappa shape index (κ2) is 5.38. The van der Waals surface area contributed by atoms with Crippen LogP contribution in [-0.4, -0.2) is 15.7 Å². The van der Waals surface area contributed by atoms with Crippen LogP contribution in [0.2, 0.25) is 0 Å². The van der Waals surface area contributed by atoms with Crippen molar-refractivity contribution in [1.29, 1.82) is 0 Å². The van der Waals surface area contributed by atoms with E-state index in [-0.39, 0.29) is 17.6 Å². The van der Waals surface area contributed by atoms with Gasteiger partial charge in [-0.3, -0.25) is 0 Å². The first-order chi connectivity index (χ1) is 9.06. The van der Waals surface area contributed by atoms with Gasteiger partial charge in [0, 0.05) is 0 Å². The zero-order valence-corrected chi connectivity index (χ0v) is 9.97. The molecule has 1 aromatic heterocycles. The largest absolute Gasteiger partial charge is 0.381 e. The second-order valence-corrected chi connectivity index (χ2v) is 3.66. The third-order valence-electron chi connectivity index (χ3n) is 2.28. The molecule has 7 heteroatoms. The molecular formula is C12H10F2N4O. The molecule has 0 fully saturated rings. The zero-order chi connectivity index (χ0) is 13.8. The molecular weight excluding hydrogens is 254 g/mol. The van der Waals surface area contributed by atoms with Crippen LogP contribution < -0.4 is 10.6 Å². The van der Waals surface area contributed by atoms with Crippen LogP contribution in [-0.2, 0) is 0 Å². The Bertz CT molecular complexity index is 614. The maximum absolute atomic E-state index is 12.8. The third-order valence-corrected chi connectivity index (χ3v) is 2.28. The van der Waals surface area contributed by atoms with E-state index in [9.17, 15) is 8.78 Å². The molecule has 0 spiro atoms. The maximum Gasteiger partial charge on any atom is 0.347 e. The Labute approximate surface area is 107 Å². The van der Waals surface area contributed by atoms with Crippen molar-refractivity contribution in [2.45, 2.75) is 6.92 Å². The van der Waals surface area contributed by atoms with Gasteiger partial charge in [0.2, 0.25) is 0 Å². The van der Waals surface area contributed by atoms with Crippen LogP contribution in [0.1, 0.15) is 12.5 Å². The SMILES string of the molecule is C/C(=N\Oc1ncc(F)c(N)n1)c1ccc(F)cc1. The lowest BCUT2D eigenvalue weighted by atomic mass is 10.1. The van der Waals surface area contributed by atoms with E-state index in [0.29, 0.717) is 11.3 Å². The first kappa shape index (κ1) is 12.9. The second-order valence-electron chi connectivity index (χ2n) is 3.66. The van der Waals surface area contributed by atoms with Crippen LogP contribution in [0.4, 0.5) is 14.6 Å². The van der Waals surface area contributed by atoms with Gasteiger partial charge in [0.1, 0.15) is 5.82 Å². The predicted molar refractivity (Wildman–Crippen MR) is 65.6 cm³/mol. The molecule has 0 unspecified atom stereocenters. The minimum absolute atomic E-state index is 0.166. The summed E-state index contributed by atoms with van der Waals surface area (Å²) in [7, 11) is 0. The number of aromatic nitrogens is 2. The maximum atomic E-state index is 12.8. The molecule has 0 radical (unpaired) electrons. The summed E-state index contributed by atoms with van der Waals surface area (Å²) in [6.45, 7) is 1.67. The van der Waals surface area contributed by atoms with Gasteiger partial charge in [-0.1, -0.05) is 17.3 Å². The fraction of sp³-hybridized carbons (Fsp3) is 0.0833. The van der Waals surface area contributed by atoms with Gasteiger partial charge in [0.25, 0.3) is 0 Å². The van der Waals surface area contributed by atoms with Crippen molar-refractivity contribution in [3.8, 4) is 6.01 Å². The molecule has 5 nitrogen and oxygen atoms in total. The minimum Gasteiger partial charge on any atom is -0.381 e. The Morgan fingerprint density at radius 3 is 2.58 bits per heavy atom. The smallest absolute Gasteiger partial charge is 0.347 e. The molecule has 0 aliphatic carbocycles. The topological polar surface area (TPSA) is 73.4 Å². The lowest BCUT2D eigenvalue weighted by molar-refractivity contribution is 0.311. The molecule has 0 saturated heterocycles. The number of benzene rings is 1. The molecule has 1 heterocycles. The third kappa shape index (κ3) is 3.21. The first-order valence-corrected chi connectivity index (χ1v) is 5.32. The molecule has 98 valence electrons.